The van der Waals surface area contributed by atoms with Crippen molar-refractivity contribution >= 4 is 28.2 Å². The number of carbonyl (C=O) groups excluding carboxylic acids is 2. The average Bonchev–Trinajstić information content (AvgIpc) is 2.97. The number of hydrogen-bond donors (Lipinski definition) is 1. The van der Waals surface area contributed by atoms with E-state index in [2.05, 4.69) is 5.32 Å². The topological polar surface area (TPSA) is 74.9 Å². The van der Waals surface area contributed by atoms with Crippen LogP contribution < -0.4 is 5.32 Å². The molecule has 0 aliphatic rings. The van der Waals surface area contributed by atoms with Gasteiger partial charge in [-0.1, -0.05) is 36.4 Å². The van der Waals surface area contributed by atoms with Gasteiger partial charge in [-0.15, -0.1) is 0 Å². The summed E-state index contributed by atoms with van der Waals surface area (Å²) in [5.74, 6) is -2.49. The summed E-state index contributed by atoms with van der Waals surface area (Å²) in [6.07, 6.45) is 0. The fraction of sp³-hybridized carbons (Fsp3) is 0.261. The van der Waals surface area contributed by atoms with Gasteiger partial charge in [0.25, 0.3) is 0 Å². The second-order valence-corrected chi connectivity index (χ2v) is 7.19. The molecular weight excluding hydrogens is 350 g/mol. The lowest BCUT2D eigenvalue weighted by Gasteiger charge is -2.14. The fourth-order valence-electron chi connectivity index (χ4n) is 3.75. The Bertz CT molecular complexity index is 1100. The largest absolute Gasteiger partial charge is 0.346 e. The highest BCUT2D eigenvalue weighted by Crippen LogP contribution is 2.25. The molecule has 0 bridgehead atoms. The molecule has 1 heterocycles. The van der Waals surface area contributed by atoms with Gasteiger partial charge < -0.3 is 9.88 Å². The summed E-state index contributed by atoms with van der Waals surface area (Å²) in [4.78, 5) is 25.8. The Labute approximate surface area is 164 Å². The number of carbonyl (C=O) groups is 2. The van der Waals surface area contributed by atoms with E-state index in [-0.39, 0.29) is 6.04 Å². The van der Waals surface area contributed by atoms with Gasteiger partial charge in [-0.3, -0.25) is 9.59 Å². The summed E-state index contributed by atoms with van der Waals surface area (Å²) < 4.78 is 2.03. The van der Waals surface area contributed by atoms with Crippen LogP contribution in [0.1, 0.15) is 41.6 Å². The van der Waals surface area contributed by atoms with Gasteiger partial charge in [-0.05, 0) is 45.2 Å². The van der Waals surface area contributed by atoms with Crippen LogP contribution in [0.25, 0.3) is 10.8 Å². The summed E-state index contributed by atoms with van der Waals surface area (Å²) in [5, 5.41) is 14.2. The number of hydrogen-bond acceptors (Lipinski definition) is 3. The van der Waals surface area contributed by atoms with Gasteiger partial charge in [-0.2, -0.15) is 5.26 Å². The second kappa shape index (κ2) is 7.69. The Hall–Kier alpha value is -3.39. The van der Waals surface area contributed by atoms with Crippen molar-refractivity contribution in [2.75, 3.05) is 5.32 Å². The lowest BCUT2D eigenvalue weighted by Crippen LogP contribution is -2.29. The lowest BCUT2D eigenvalue weighted by molar-refractivity contribution is -0.117. The molecule has 1 aromatic heterocycles. The average molecular weight is 373 g/mol. The van der Waals surface area contributed by atoms with E-state index in [4.69, 9.17) is 0 Å². The minimum Gasteiger partial charge on any atom is -0.346 e. The van der Waals surface area contributed by atoms with Crippen LogP contribution in [-0.4, -0.2) is 16.3 Å². The molecule has 0 saturated heterocycles. The van der Waals surface area contributed by atoms with Gasteiger partial charge in [0, 0.05) is 34.1 Å². The Kier molecular flexibility index (Phi) is 5.32. The molecule has 0 aliphatic carbocycles. The summed E-state index contributed by atoms with van der Waals surface area (Å²) in [5.41, 5.74) is 2.72. The van der Waals surface area contributed by atoms with Crippen molar-refractivity contribution in [2.45, 2.75) is 33.7 Å². The first-order chi connectivity index (χ1) is 13.3. The third-order valence-corrected chi connectivity index (χ3v) is 4.97. The van der Waals surface area contributed by atoms with Crippen molar-refractivity contribution in [3.63, 3.8) is 0 Å². The van der Waals surface area contributed by atoms with Crippen LogP contribution in [0.3, 0.4) is 0 Å². The number of nitrogens with zero attached hydrogens (tertiary/aromatic N) is 2. The molecule has 0 aliphatic heterocycles. The molecule has 28 heavy (non-hydrogen) atoms. The van der Waals surface area contributed by atoms with Crippen LogP contribution >= 0.6 is 0 Å². The first-order valence-corrected chi connectivity index (χ1v) is 9.26. The molecule has 1 atom stereocenters. The number of Topliss-reactive ketones (excluding diaryl/α,β-unsaturated/α-hetero) is 1. The van der Waals surface area contributed by atoms with Crippen molar-refractivity contribution < 1.29 is 9.59 Å². The molecule has 1 N–H and O–H groups in total. The predicted octanol–water partition coefficient (Wildman–Crippen LogP) is 4.80. The van der Waals surface area contributed by atoms with Crippen molar-refractivity contribution in [1.29, 1.82) is 5.26 Å². The Morgan fingerprint density at radius 2 is 1.75 bits per heavy atom. The van der Waals surface area contributed by atoms with E-state index >= 15 is 0 Å². The molecule has 0 fully saturated rings. The third kappa shape index (κ3) is 3.41. The van der Waals surface area contributed by atoms with Gasteiger partial charge in [0.15, 0.2) is 11.7 Å². The van der Waals surface area contributed by atoms with Crippen molar-refractivity contribution in [3.05, 3.63) is 65.5 Å². The molecule has 1 unspecified atom stereocenters. The van der Waals surface area contributed by atoms with E-state index in [1.54, 1.807) is 12.1 Å². The predicted molar refractivity (Wildman–Crippen MR) is 110 cm³/mol. The van der Waals surface area contributed by atoms with Crippen LogP contribution in [0.5, 0.6) is 0 Å². The molecular formula is C23H23N3O2. The van der Waals surface area contributed by atoms with Crippen molar-refractivity contribution in [3.8, 4) is 6.07 Å². The zero-order valence-corrected chi connectivity index (χ0v) is 16.5. The molecule has 0 saturated carbocycles. The maximum Gasteiger partial charge on any atom is 0.249 e. The first kappa shape index (κ1) is 19.4. The molecule has 0 spiro atoms. The molecule has 5 heteroatoms. The fourth-order valence-corrected chi connectivity index (χ4v) is 3.75. The maximum absolute atomic E-state index is 13.0. The number of nitrogens with one attached hydrogen (secondary N) is 1. The number of ketones is 1. The molecule has 142 valence electrons. The maximum atomic E-state index is 13.0. The van der Waals surface area contributed by atoms with Crippen LogP contribution in [0, 0.1) is 31.1 Å². The highest BCUT2D eigenvalue weighted by Gasteiger charge is 2.30. The highest BCUT2D eigenvalue weighted by molar-refractivity contribution is 6.17. The number of benzene rings is 2. The molecule has 3 rings (SSSR count). The minimum absolute atomic E-state index is 0.187. The van der Waals surface area contributed by atoms with Crippen LogP contribution in [0.2, 0.25) is 0 Å². The van der Waals surface area contributed by atoms with Gasteiger partial charge in [-0.25, -0.2) is 0 Å². The van der Waals surface area contributed by atoms with Gasteiger partial charge in [0.1, 0.15) is 0 Å². The highest BCUT2D eigenvalue weighted by atomic mass is 16.2. The van der Waals surface area contributed by atoms with Gasteiger partial charge in [0.05, 0.1) is 6.07 Å². The lowest BCUT2D eigenvalue weighted by atomic mass is 9.97. The number of anilines is 1. The molecule has 1 amide bonds. The van der Waals surface area contributed by atoms with Gasteiger partial charge in [0.2, 0.25) is 5.91 Å². The quantitative estimate of drug-likeness (QED) is 0.515. The molecule has 0 radical (unpaired) electrons. The number of aryl methyl sites for hydroxylation is 1. The monoisotopic (exact) mass is 373 g/mol. The van der Waals surface area contributed by atoms with E-state index in [9.17, 15) is 14.9 Å². The minimum atomic E-state index is -1.40. The van der Waals surface area contributed by atoms with E-state index in [0.717, 1.165) is 22.2 Å². The normalized spacial score (nSPS) is 12.0. The van der Waals surface area contributed by atoms with E-state index in [1.165, 1.54) is 0 Å². The van der Waals surface area contributed by atoms with Crippen LogP contribution in [-0.2, 0) is 4.79 Å². The standard InChI is InChI=1S/C23H23N3O2/c1-14(2)26-15(3)12-19(16(26)4)22(27)20(13-24)23(28)25-21-11-7-9-17-8-5-6-10-18(17)21/h5-12,14,20H,1-4H3,(H,25,28). The van der Waals surface area contributed by atoms with Crippen molar-refractivity contribution in [1.82, 2.24) is 4.57 Å². The van der Waals surface area contributed by atoms with Crippen LogP contribution in [0.4, 0.5) is 5.69 Å². The molecule has 3 aromatic rings. The number of fused-ring (bicyclic) bond motifs is 1. The third-order valence-electron chi connectivity index (χ3n) is 4.97. The SMILES string of the molecule is Cc1cc(C(=O)C(C#N)C(=O)Nc2cccc3ccccc23)c(C)n1C(C)C. The summed E-state index contributed by atoms with van der Waals surface area (Å²) in [7, 11) is 0. The van der Waals surface area contributed by atoms with Crippen molar-refractivity contribution in [2.24, 2.45) is 5.92 Å². The number of amides is 1. The Morgan fingerprint density at radius 3 is 2.39 bits per heavy atom. The second-order valence-electron chi connectivity index (χ2n) is 7.19. The number of nitriles is 1. The van der Waals surface area contributed by atoms with Crippen LogP contribution in [0.15, 0.2) is 48.5 Å². The summed E-state index contributed by atoms with van der Waals surface area (Å²) in [6.45, 7) is 7.82. The smallest absolute Gasteiger partial charge is 0.249 e. The number of aromatic nitrogens is 1. The number of rotatable bonds is 5. The first-order valence-electron chi connectivity index (χ1n) is 9.26. The Balaban J connectivity index is 1.91. The van der Waals surface area contributed by atoms with Gasteiger partial charge >= 0.3 is 0 Å². The molecule has 2 aromatic carbocycles. The Morgan fingerprint density at radius 1 is 1.07 bits per heavy atom. The van der Waals surface area contributed by atoms with E-state index in [1.807, 2.05) is 74.7 Å². The zero-order valence-electron chi connectivity index (χ0n) is 16.5. The summed E-state index contributed by atoms with van der Waals surface area (Å²) >= 11 is 0. The van der Waals surface area contributed by atoms with E-state index < -0.39 is 17.6 Å². The zero-order chi connectivity index (χ0) is 20.4. The van der Waals surface area contributed by atoms with E-state index in [0.29, 0.717) is 11.3 Å². The summed E-state index contributed by atoms with van der Waals surface area (Å²) in [6, 6.07) is 17.0. The molecule has 5 nitrogen and oxygen atoms in total.